The van der Waals surface area contributed by atoms with E-state index in [1.807, 2.05) is 36.4 Å². The van der Waals surface area contributed by atoms with Crippen LogP contribution in [0.5, 0.6) is 11.5 Å². The molecule has 0 bridgehead atoms. The molecule has 2 rings (SSSR count). The summed E-state index contributed by atoms with van der Waals surface area (Å²) in [5.41, 5.74) is 4.64. The maximum absolute atomic E-state index is 9.38. The molecule has 0 spiro atoms. The Morgan fingerprint density at radius 2 is 1.41 bits per heavy atom. The molecule has 2 N–H and O–H groups in total. The first-order valence-corrected chi connectivity index (χ1v) is 9.48. The van der Waals surface area contributed by atoms with Gasteiger partial charge in [0.25, 0.3) is 0 Å². The second-order valence-electron chi connectivity index (χ2n) is 6.77. The SMILES string of the molecule is CCCCOc1ccc(C(=C(C)C)c2ccc(OCC(O)CO)cc2)cc1. The maximum atomic E-state index is 9.38. The predicted molar refractivity (Wildman–Crippen MR) is 109 cm³/mol. The molecule has 0 radical (unpaired) electrons. The number of rotatable bonds is 10. The van der Waals surface area contributed by atoms with E-state index in [1.54, 1.807) is 0 Å². The molecule has 4 heteroatoms. The fourth-order valence-electron chi connectivity index (χ4n) is 2.76. The number of hydrogen-bond donors (Lipinski definition) is 2. The van der Waals surface area contributed by atoms with E-state index in [4.69, 9.17) is 14.6 Å². The molecule has 0 heterocycles. The Morgan fingerprint density at radius 1 is 0.889 bits per heavy atom. The number of aliphatic hydroxyl groups excluding tert-OH is 2. The molecule has 2 aromatic rings. The van der Waals surface area contributed by atoms with E-state index in [0.29, 0.717) is 5.75 Å². The van der Waals surface area contributed by atoms with Crippen LogP contribution in [0.25, 0.3) is 5.57 Å². The lowest BCUT2D eigenvalue weighted by atomic mass is 9.94. The highest BCUT2D eigenvalue weighted by Crippen LogP contribution is 2.29. The number of ether oxygens (including phenoxy) is 2. The molecule has 146 valence electrons. The van der Waals surface area contributed by atoms with Crippen LogP contribution < -0.4 is 9.47 Å². The van der Waals surface area contributed by atoms with E-state index < -0.39 is 6.10 Å². The molecular weight excluding hydrogens is 340 g/mol. The van der Waals surface area contributed by atoms with Crippen molar-refractivity contribution in [3.8, 4) is 11.5 Å². The van der Waals surface area contributed by atoms with Gasteiger partial charge in [-0.1, -0.05) is 43.2 Å². The van der Waals surface area contributed by atoms with Crippen molar-refractivity contribution in [3.63, 3.8) is 0 Å². The van der Waals surface area contributed by atoms with Gasteiger partial charge in [-0.05, 0) is 61.2 Å². The fraction of sp³-hybridized carbons (Fsp3) is 0.391. The van der Waals surface area contributed by atoms with Crippen molar-refractivity contribution < 1.29 is 19.7 Å². The Labute approximate surface area is 162 Å². The van der Waals surface area contributed by atoms with E-state index >= 15 is 0 Å². The largest absolute Gasteiger partial charge is 0.494 e. The molecule has 1 atom stereocenters. The molecule has 0 aromatic heterocycles. The Kier molecular flexibility index (Phi) is 8.37. The lowest BCUT2D eigenvalue weighted by molar-refractivity contribution is 0.0536. The van der Waals surface area contributed by atoms with Crippen molar-refractivity contribution in [2.24, 2.45) is 0 Å². The van der Waals surface area contributed by atoms with Crippen LogP contribution in [-0.4, -0.2) is 36.1 Å². The van der Waals surface area contributed by atoms with Crippen LogP contribution in [-0.2, 0) is 0 Å². The summed E-state index contributed by atoms with van der Waals surface area (Å²) in [6.45, 7) is 6.87. The summed E-state index contributed by atoms with van der Waals surface area (Å²) in [5, 5.41) is 18.2. The third-order valence-electron chi connectivity index (χ3n) is 4.21. The van der Waals surface area contributed by atoms with E-state index in [9.17, 15) is 5.11 Å². The van der Waals surface area contributed by atoms with Crippen LogP contribution in [0.2, 0.25) is 0 Å². The van der Waals surface area contributed by atoms with E-state index in [2.05, 4.69) is 32.9 Å². The highest BCUT2D eigenvalue weighted by atomic mass is 16.5. The summed E-state index contributed by atoms with van der Waals surface area (Å²) in [5.74, 6) is 1.56. The smallest absolute Gasteiger partial charge is 0.119 e. The van der Waals surface area contributed by atoms with Crippen molar-refractivity contribution in [2.75, 3.05) is 19.8 Å². The summed E-state index contributed by atoms with van der Waals surface area (Å²) >= 11 is 0. The highest BCUT2D eigenvalue weighted by molar-refractivity contribution is 5.82. The topological polar surface area (TPSA) is 58.9 Å². The third-order valence-corrected chi connectivity index (χ3v) is 4.21. The first-order chi connectivity index (χ1) is 13.0. The second kappa shape index (κ2) is 10.8. The molecule has 2 aromatic carbocycles. The molecule has 0 saturated carbocycles. The van der Waals surface area contributed by atoms with Crippen LogP contribution in [0.1, 0.15) is 44.7 Å². The Balaban J connectivity index is 2.12. The van der Waals surface area contributed by atoms with Gasteiger partial charge in [0, 0.05) is 0 Å². The number of unbranched alkanes of at least 4 members (excludes halogenated alkanes) is 1. The van der Waals surface area contributed by atoms with Gasteiger partial charge in [0.05, 0.1) is 13.2 Å². The van der Waals surface area contributed by atoms with Crippen LogP contribution in [0.4, 0.5) is 0 Å². The third kappa shape index (κ3) is 6.42. The molecule has 0 saturated heterocycles. The van der Waals surface area contributed by atoms with Gasteiger partial charge in [0.15, 0.2) is 0 Å². The average molecular weight is 370 g/mol. The van der Waals surface area contributed by atoms with Gasteiger partial charge in [-0.3, -0.25) is 0 Å². The van der Waals surface area contributed by atoms with Crippen LogP contribution in [0, 0.1) is 0 Å². The molecule has 0 fully saturated rings. The van der Waals surface area contributed by atoms with E-state index in [-0.39, 0.29) is 13.2 Å². The normalized spacial score (nSPS) is 11.7. The van der Waals surface area contributed by atoms with Crippen molar-refractivity contribution in [1.29, 1.82) is 0 Å². The van der Waals surface area contributed by atoms with Gasteiger partial charge in [-0.15, -0.1) is 0 Å². The summed E-state index contributed by atoms with van der Waals surface area (Å²) in [4.78, 5) is 0. The van der Waals surface area contributed by atoms with Gasteiger partial charge < -0.3 is 19.7 Å². The first-order valence-electron chi connectivity index (χ1n) is 9.48. The minimum Gasteiger partial charge on any atom is -0.494 e. The Hall–Kier alpha value is -2.30. The summed E-state index contributed by atoms with van der Waals surface area (Å²) in [6.07, 6.45) is 1.32. The fourth-order valence-corrected chi connectivity index (χ4v) is 2.76. The lowest BCUT2D eigenvalue weighted by Gasteiger charge is -2.14. The maximum Gasteiger partial charge on any atom is 0.119 e. The molecule has 0 amide bonds. The summed E-state index contributed by atoms with van der Waals surface area (Å²) < 4.78 is 11.2. The quantitative estimate of drug-likeness (QED) is 0.607. The van der Waals surface area contributed by atoms with Crippen molar-refractivity contribution in [1.82, 2.24) is 0 Å². The van der Waals surface area contributed by atoms with Gasteiger partial charge >= 0.3 is 0 Å². The Morgan fingerprint density at radius 3 is 1.85 bits per heavy atom. The zero-order valence-corrected chi connectivity index (χ0v) is 16.4. The molecule has 0 aliphatic rings. The summed E-state index contributed by atoms with van der Waals surface area (Å²) in [7, 11) is 0. The number of hydrogen-bond acceptors (Lipinski definition) is 4. The first kappa shape index (κ1) is 21.0. The Bertz CT molecular complexity index is 713. The monoisotopic (exact) mass is 370 g/mol. The molecule has 0 aliphatic carbocycles. The second-order valence-corrected chi connectivity index (χ2v) is 6.77. The highest BCUT2D eigenvalue weighted by Gasteiger charge is 2.09. The van der Waals surface area contributed by atoms with Crippen LogP contribution in [0.3, 0.4) is 0 Å². The lowest BCUT2D eigenvalue weighted by Crippen LogP contribution is -2.21. The van der Waals surface area contributed by atoms with Crippen molar-refractivity contribution in [3.05, 3.63) is 65.2 Å². The molecule has 1 unspecified atom stereocenters. The van der Waals surface area contributed by atoms with Crippen molar-refractivity contribution >= 4 is 5.57 Å². The minimum atomic E-state index is -0.865. The van der Waals surface area contributed by atoms with Gasteiger partial charge in [-0.2, -0.15) is 0 Å². The van der Waals surface area contributed by atoms with Gasteiger partial charge in [-0.25, -0.2) is 0 Å². The average Bonchev–Trinajstić information content (AvgIpc) is 2.68. The van der Waals surface area contributed by atoms with E-state index in [0.717, 1.165) is 36.3 Å². The van der Waals surface area contributed by atoms with Gasteiger partial charge in [0.1, 0.15) is 24.2 Å². The predicted octanol–water partition coefficient (Wildman–Crippen LogP) is 4.44. The van der Waals surface area contributed by atoms with Crippen LogP contribution in [0.15, 0.2) is 54.1 Å². The summed E-state index contributed by atoms with van der Waals surface area (Å²) in [6, 6.07) is 16.0. The van der Waals surface area contributed by atoms with Gasteiger partial charge in [0.2, 0.25) is 0 Å². The zero-order valence-electron chi connectivity index (χ0n) is 16.4. The van der Waals surface area contributed by atoms with E-state index in [1.165, 1.54) is 11.1 Å². The minimum absolute atomic E-state index is 0.0742. The number of aliphatic hydroxyl groups is 2. The van der Waals surface area contributed by atoms with Crippen molar-refractivity contribution in [2.45, 2.75) is 39.7 Å². The number of allylic oxidation sites excluding steroid dienone is 1. The molecular formula is C23H30O4. The molecule has 4 nitrogen and oxygen atoms in total. The van der Waals surface area contributed by atoms with Crippen LogP contribution >= 0.6 is 0 Å². The molecule has 27 heavy (non-hydrogen) atoms. The molecule has 0 aliphatic heterocycles. The number of benzene rings is 2. The zero-order chi connectivity index (χ0) is 19.6. The standard InChI is InChI=1S/C23H30O4/c1-4-5-14-26-21-10-6-18(7-11-21)23(17(2)3)19-8-12-22(13-9-19)27-16-20(25)15-24/h6-13,20,24-25H,4-5,14-16H2,1-3H3.